The third-order valence-electron chi connectivity index (χ3n) is 5.64. The van der Waals surface area contributed by atoms with Gasteiger partial charge >= 0.3 is 0 Å². The molecule has 0 spiro atoms. The SMILES string of the molecule is CCn1c(CN(C)c2ccccc2)nc2cc(S(=O)(=O)N3CCCCC3)ccc21. The lowest BCUT2D eigenvalue weighted by atomic mass is 10.2. The molecule has 1 aliphatic heterocycles. The Kier molecular flexibility index (Phi) is 5.61. The van der Waals surface area contributed by atoms with Crippen molar-refractivity contribution in [2.45, 2.75) is 44.2 Å². The standard InChI is InChI=1S/C22H28N4O2S/c1-3-26-21-13-12-19(29(27,28)25-14-8-5-9-15-25)16-20(21)23-22(26)17-24(2)18-10-6-4-7-11-18/h4,6-7,10-13,16H,3,5,8-9,14-15,17H2,1-2H3. The van der Waals surface area contributed by atoms with Gasteiger partial charge in [-0.3, -0.25) is 0 Å². The lowest BCUT2D eigenvalue weighted by molar-refractivity contribution is 0.346. The highest BCUT2D eigenvalue weighted by atomic mass is 32.2. The van der Waals surface area contributed by atoms with Gasteiger partial charge in [-0.05, 0) is 50.1 Å². The van der Waals surface area contributed by atoms with Gasteiger partial charge in [-0.15, -0.1) is 0 Å². The molecule has 4 rings (SSSR count). The molecule has 1 saturated heterocycles. The van der Waals surface area contributed by atoms with Crippen molar-refractivity contribution < 1.29 is 8.42 Å². The monoisotopic (exact) mass is 412 g/mol. The molecule has 29 heavy (non-hydrogen) atoms. The Labute approximate surface area is 172 Å². The topological polar surface area (TPSA) is 58.4 Å². The molecule has 1 fully saturated rings. The molecule has 0 N–H and O–H groups in total. The summed E-state index contributed by atoms with van der Waals surface area (Å²) in [7, 11) is -1.41. The molecule has 154 valence electrons. The van der Waals surface area contributed by atoms with Crippen molar-refractivity contribution in [3.63, 3.8) is 0 Å². The fourth-order valence-electron chi connectivity index (χ4n) is 4.03. The molecule has 2 heterocycles. The number of aryl methyl sites for hydroxylation is 1. The summed E-state index contributed by atoms with van der Waals surface area (Å²) in [6.45, 7) is 4.74. The maximum absolute atomic E-state index is 13.0. The van der Waals surface area contributed by atoms with Gasteiger partial charge in [-0.25, -0.2) is 13.4 Å². The Bertz CT molecular complexity index is 1090. The van der Waals surface area contributed by atoms with Crippen LogP contribution in [0.5, 0.6) is 0 Å². The van der Waals surface area contributed by atoms with Gasteiger partial charge < -0.3 is 9.47 Å². The Hall–Kier alpha value is -2.38. The van der Waals surface area contributed by atoms with Crippen LogP contribution in [0.4, 0.5) is 5.69 Å². The molecule has 2 aromatic carbocycles. The summed E-state index contributed by atoms with van der Waals surface area (Å²) in [5, 5.41) is 0. The number of sulfonamides is 1. The van der Waals surface area contributed by atoms with E-state index in [1.165, 1.54) is 0 Å². The maximum Gasteiger partial charge on any atom is 0.243 e. The zero-order chi connectivity index (χ0) is 20.4. The molecule has 7 heteroatoms. The third kappa shape index (κ3) is 3.89. The van der Waals surface area contributed by atoms with Gasteiger partial charge in [-0.1, -0.05) is 24.6 Å². The zero-order valence-electron chi connectivity index (χ0n) is 17.1. The Morgan fingerprint density at radius 3 is 2.45 bits per heavy atom. The van der Waals surface area contributed by atoms with Gasteiger partial charge in [0.15, 0.2) is 0 Å². The number of fused-ring (bicyclic) bond motifs is 1. The number of piperidine rings is 1. The summed E-state index contributed by atoms with van der Waals surface area (Å²) < 4.78 is 29.8. The zero-order valence-corrected chi connectivity index (χ0v) is 17.9. The second-order valence-corrected chi connectivity index (χ2v) is 9.52. The van der Waals surface area contributed by atoms with Crippen molar-refractivity contribution in [1.82, 2.24) is 13.9 Å². The molecule has 3 aromatic rings. The van der Waals surface area contributed by atoms with Gasteiger partial charge in [0.25, 0.3) is 0 Å². The van der Waals surface area contributed by atoms with Crippen LogP contribution in [0.1, 0.15) is 32.0 Å². The summed E-state index contributed by atoms with van der Waals surface area (Å²) in [4.78, 5) is 7.30. The second-order valence-electron chi connectivity index (χ2n) is 7.58. The summed E-state index contributed by atoms with van der Waals surface area (Å²) in [5.41, 5.74) is 2.83. The normalized spacial score (nSPS) is 15.7. The highest BCUT2D eigenvalue weighted by molar-refractivity contribution is 7.89. The lowest BCUT2D eigenvalue weighted by Gasteiger charge is -2.25. The molecule has 0 bridgehead atoms. The number of hydrogen-bond acceptors (Lipinski definition) is 4. The average molecular weight is 413 g/mol. The van der Waals surface area contributed by atoms with Gasteiger partial charge in [0, 0.05) is 32.4 Å². The van der Waals surface area contributed by atoms with Crippen LogP contribution in [0.15, 0.2) is 53.4 Å². The van der Waals surface area contributed by atoms with E-state index in [2.05, 4.69) is 28.5 Å². The number of nitrogens with zero attached hydrogens (tertiary/aromatic N) is 4. The quantitative estimate of drug-likeness (QED) is 0.617. The van der Waals surface area contributed by atoms with E-state index in [0.29, 0.717) is 24.5 Å². The molecule has 0 radical (unpaired) electrons. The third-order valence-corrected chi connectivity index (χ3v) is 7.54. The van der Waals surface area contributed by atoms with Gasteiger partial charge in [-0.2, -0.15) is 4.31 Å². The molecule has 1 aromatic heterocycles. The fourth-order valence-corrected chi connectivity index (χ4v) is 5.57. The van der Waals surface area contributed by atoms with E-state index >= 15 is 0 Å². The highest BCUT2D eigenvalue weighted by Crippen LogP contribution is 2.26. The fraction of sp³-hybridized carbons (Fsp3) is 0.409. The lowest BCUT2D eigenvalue weighted by Crippen LogP contribution is -2.35. The minimum absolute atomic E-state index is 0.343. The van der Waals surface area contributed by atoms with Crippen LogP contribution in [-0.4, -0.2) is 42.4 Å². The van der Waals surface area contributed by atoms with E-state index in [1.54, 1.807) is 16.4 Å². The first-order chi connectivity index (χ1) is 14.0. The average Bonchev–Trinajstić information content (AvgIpc) is 3.11. The van der Waals surface area contributed by atoms with Gasteiger partial charge in [0.2, 0.25) is 10.0 Å². The van der Waals surface area contributed by atoms with Crippen molar-refractivity contribution >= 4 is 26.7 Å². The molecule has 0 amide bonds. The van der Waals surface area contributed by atoms with E-state index in [-0.39, 0.29) is 0 Å². The van der Waals surface area contributed by atoms with E-state index in [9.17, 15) is 8.42 Å². The summed E-state index contributed by atoms with van der Waals surface area (Å²) in [5.74, 6) is 0.932. The van der Waals surface area contributed by atoms with Crippen molar-refractivity contribution in [2.75, 3.05) is 25.0 Å². The molecule has 0 atom stereocenters. The van der Waals surface area contributed by atoms with E-state index in [0.717, 1.165) is 48.4 Å². The Balaban J connectivity index is 1.67. The second kappa shape index (κ2) is 8.16. The number of imidazole rings is 1. The van der Waals surface area contributed by atoms with Crippen LogP contribution in [0.3, 0.4) is 0 Å². The summed E-state index contributed by atoms with van der Waals surface area (Å²) in [6, 6.07) is 15.5. The summed E-state index contributed by atoms with van der Waals surface area (Å²) in [6.07, 6.45) is 2.97. The van der Waals surface area contributed by atoms with E-state index in [1.807, 2.05) is 31.3 Å². The largest absolute Gasteiger partial charge is 0.367 e. The number of rotatable bonds is 6. The molecule has 0 aliphatic carbocycles. The predicted molar refractivity (Wildman–Crippen MR) is 117 cm³/mol. The van der Waals surface area contributed by atoms with Gasteiger partial charge in [0.1, 0.15) is 5.82 Å². The van der Waals surface area contributed by atoms with E-state index < -0.39 is 10.0 Å². The number of para-hydroxylation sites is 1. The molecular weight excluding hydrogens is 384 g/mol. The van der Waals surface area contributed by atoms with Crippen LogP contribution in [0, 0.1) is 0 Å². The number of hydrogen-bond donors (Lipinski definition) is 0. The predicted octanol–water partition coefficient (Wildman–Crippen LogP) is 3.87. The minimum Gasteiger partial charge on any atom is -0.367 e. The number of aromatic nitrogens is 2. The van der Waals surface area contributed by atoms with Crippen LogP contribution >= 0.6 is 0 Å². The van der Waals surface area contributed by atoms with Crippen molar-refractivity contribution in [1.29, 1.82) is 0 Å². The molecule has 1 aliphatic rings. The number of anilines is 1. The first kappa shape index (κ1) is 19.9. The Morgan fingerprint density at radius 2 is 1.76 bits per heavy atom. The van der Waals surface area contributed by atoms with Crippen LogP contribution in [0.25, 0.3) is 11.0 Å². The minimum atomic E-state index is -3.46. The van der Waals surface area contributed by atoms with Crippen molar-refractivity contribution in [2.24, 2.45) is 0 Å². The first-order valence-electron chi connectivity index (χ1n) is 10.3. The highest BCUT2D eigenvalue weighted by Gasteiger charge is 2.26. The van der Waals surface area contributed by atoms with Crippen LogP contribution in [0.2, 0.25) is 0 Å². The van der Waals surface area contributed by atoms with Crippen LogP contribution in [-0.2, 0) is 23.1 Å². The van der Waals surface area contributed by atoms with Gasteiger partial charge in [0.05, 0.1) is 22.5 Å². The molecule has 0 unspecified atom stereocenters. The molecular formula is C22H28N4O2S. The smallest absolute Gasteiger partial charge is 0.243 e. The maximum atomic E-state index is 13.0. The van der Waals surface area contributed by atoms with Crippen LogP contribution < -0.4 is 4.90 Å². The Morgan fingerprint density at radius 1 is 1.03 bits per heavy atom. The molecule has 0 saturated carbocycles. The van der Waals surface area contributed by atoms with E-state index in [4.69, 9.17) is 4.98 Å². The van der Waals surface area contributed by atoms with Crippen molar-refractivity contribution in [3.05, 3.63) is 54.4 Å². The number of benzene rings is 2. The first-order valence-corrected chi connectivity index (χ1v) is 11.7. The summed E-state index contributed by atoms with van der Waals surface area (Å²) >= 11 is 0. The molecule has 6 nitrogen and oxygen atoms in total. The van der Waals surface area contributed by atoms with Crippen molar-refractivity contribution in [3.8, 4) is 0 Å².